The largest absolute Gasteiger partial charge is 0.497 e. The number of benzene rings is 2. The highest BCUT2D eigenvalue weighted by Crippen LogP contribution is 2.31. The first-order chi connectivity index (χ1) is 11.1. The summed E-state index contributed by atoms with van der Waals surface area (Å²) < 4.78 is 6.09. The maximum Gasteiger partial charge on any atom is 0.325 e. The lowest BCUT2D eigenvalue weighted by molar-refractivity contribution is 0.262. The van der Waals surface area contributed by atoms with Gasteiger partial charge in [-0.3, -0.25) is 5.32 Å². The number of ether oxygens (including phenoxy) is 1. The molecular formula is C15H11Cl2N3O2S. The van der Waals surface area contributed by atoms with Gasteiger partial charge in [-0.15, -0.1) is 0 Å². The monoisotopic (exact) mass is 367 g/mol. The Hall–Kier alpha value is -2.02. The Morgan fingerprint density at radius 1 is 1.22 bits per heavy atom. The molecular weight excluding hydrogens is 357 g/mol. The number of aromatic nitrogens is 1. The quantitative estimate of drug-likeness (QED) is 0.663. The number of carbonyl (C=O) groups is 1. The van der Waals surface area contributed by atoms with E-state index >= 15 is 0 Å². The number of thiazole rings is 1. The number of nitrogens with one attached hydrogen (secondary N) is 2. The molecule has 0 aliphatic heterocycles. The van der Waals surface area contributed by atoms with E-state index in [1.807, 2.05) is 18.2 Å². The van der Waals surface area contributed by atoms with Crippen LogP contribution >= 0.6 is 34.5 Å². The van der Waals surface area contributed by atoms with E-state index < -0.39 is 6.03 Å². The van der Waals surface area contributed by atoms with Crippen molar-refractivity contribution in [2.75, 3.05) is 17.7 Å². The second-order valence-corrected chi connectivity index (χ2v) is 6.35. The second kappa shape index (κ2) is 6.62. The standard InChI is InChI=1S/C15H11Cl2N3O2S/c1-22-8-5-6-10-12(7-8)23-15(19-10)20-14(21)18-11-4-2-3-9(16)13(11)17/h2-7H,1H3,(H2,18,19,20,21). The Balaban J connectivity index is 1.76. The highest BCUT2D eigenvalue weighted by molar-refractivity contribution is 7.22. The number of carbonyl (C=O) groups excluding carboxylic acids is 1. The smallest absolute Gasteiger partial charge is 0.325 e. The van der Waals surface area contributed by atoms with Crippen molar-refractivity contribution in [1.82, 2.24) is 4.98 Å². The summed E-state index contributed by atoms with van der Waals surface area (Å²) >= 11 is 13.3. The number of rotatable bonds is 3. The van der Waals surface area contributed by atoms with Gasteiger partial charge in [0, 0.05) is 0 Å². The first-order valence-corrected chi connectivity index (χ1v) is 8.10. The van der Waals surface area contributed by atoms with Crippen LogP contribution < -0.4 is 15.4 Å². The van der Waals surface area contributed by atoms with Crippen molar-refractivity contribution in [3.05, 3.63) is 46.4 Å². The third-order valence-corrected chi connectivity index (χ3v) is 4.77. The molecule has 0 saturated carbocycles. The topological polar surface area (TPSA) is 63.2 Å². The molecule has 0 atom stereocenters. The minimum Gasteiger partial charge on any atom is -0.497 e. The number of hydrogen-bond donors (Lipinski definition) is 2. The van der Waals surface area contributed by atoms with E-state index in [9.17, 15) is 4.79 Å². The number of anilines is 2. The van der Waals surface area contributed by atoms with Crippen molar-refractivity contribution in [3.8, 4) is 5.75 Å². The van der Waals surface area contributed by atoms with Crippen molar-refractivity contribution < 1.29 is 9.53 Å². The molecule has 0 aliphatic rings. The van der Waals surface area contributed by atoms with Crippen molar-refractivity contribution in [2.45, 2.75) is 0 Å². The number of nitrogens with zero attached hydrogens (tertiary/aromatic N) is 1. The van der Waals surface area contributed by atoms with E-state index in [1.165, 1.54) is 11.3 Å². The third kappa shape index (κ3) is 3.50. The van der Waals surface area contributed by atoms with Crippen LogP contribution in [-0.4, -0.2) is 18.1 Å². The summed E-state index contributed by atoms with van der Waals surface area (Å²) in [5.41, 5.74) is 1.21. The maximum absolute atomic E-state index is 12.1. The molecule has 0 aliphatic carbocycles. The van der Waals surface area contributed by atoms with Gasteiger partial charge < -0.3 is 10.1 Å². The van der Waals surface area contributed by atoms with Crippen molar-refractivity contribution >= 4 is 61.6 Å². The van der Waals surface area contributed by atoms with Crippen LogP contribution in [0.2, 0.25) is 10.0 Å². The van der Waals surface area contributed by atoms with Crippen LogP contribution in [-0.2, 0) is 0 Å². The maximum atomic E-state index is 12.1. The Labute approximate surface area is 146 Å². The number of urea groups is 1. The van der Waals surface area contributed by atoms with Crippen LogP contribution in [0.15, 0.2) is 36.4 Å². The molecule has 1 heterocycles. The lowest BCUT2D eigenvalue weighted by Crippen LogP contribution is -2.19. The molecule has 0 radical (unpaired) electrons. The normalized spacial score (nSPS) is 10.6. The fourth-order valence-electron chi connectivity index (χ4n) is 1.94. The van der Waals surface area contributed by atoms with E-state index in [2.05, 4.69) is 15.6 Å². The van der Waals surface area contributed by atoms with E-state index in [0.29, 0.717) is 20.9 Å². The molecule has 8 heteroatoms. The first kappa shape index (κ1) is 15.9. The molecule has 1 aromatic heterocycles. The van der Waals surface area contributed by atoms with Crippen LogP contribution in [0.1, 0.15) is 0 Å². The zero-order valence-electron chi connectivity index (χ0n) is 11.9. The van der Waals surface area contributed by atoms with Gasteiger partial charge in [-0.05, 0) is 30.3 Å². The fraction of sp³-hybridized carbons (Fsp3) is 0.0667. The SMILES string of the molecule is COc1ccc2nc(NC(=O)Nc3cccc(Cl)c3Cl)sc2c1. The minimum absolute atomic E-state index is 0.290. The van der Waals surface area contributed by atoms with Crippen LogP contribution in [0.25, 0.3) is 10.2 Å². The van der Waals surface area contributed by atoms with Gasteiger partial charge in [-0.25, -0.2) is 9.78 Å². The molecule has 0 fully saturated rings. The number of fused-ring (bicyclic) bond motifs is 1. The summed E-state index contributed by atoms with van der Waals surface area (Å²) in [5.74, 6) is 0.739. The molecule has 0 bridgehead atoms. The van der Waals surface area contributed by atoms with Crippen LogP contribution in [0.3, 0.4) is 0 Å². The van der Waals surface area contributed by atoms with E-state index in [-0.39, 0.29) is 0 Å². The van der Waals surface area contributed by atoms with Gasteiger partial charge in [-0.2, -0.15) is 0 Å². The summed E-state index contributed by atoms with van der Waals surface area (Å²) in [7, 11) is 1.60. The van der Waals surface area contributed by atoms with Crippen molar-refractivity contribution in [2.24, 2.45) is 0 Å². The van der Waals surface area contributed by atoms with Gasteiger partial charge in [0.1, 0.15) is 5.75 Å². The molecule has 0 unspecified atom stereocenters. The Kier molecular flexibility index (Phi) is 4.56. The highest BCUT2D eigenvalue weighted by Gasteiger charge is 2.11. The molecule has 118 valence electrons. The van der Waals surface area contributed by atoms with Gasteiger partial charge in [-0.1, -0.05) is 40.6 Å². The molecule has 2 aromatic carbocycles. The molecule has 0 saturated heterocycles. The predicted octanol–water partition coefficient (Wildman–Crippen LogP) is 5.26. The predicted molar refractivity (Wildman–Crippen MR) is 95.3 cm³/mol. The Bertz CT molecular complexity index is 882. The molecule has 2 N–H and O–H groups in total. The lowest BCUT2D eigenvalue weighted by Gasteiger charge is -2.07. The fourth-order valence-corrected chi connectivity index (χ4v) is 3.17. The molecule has 3 rings (SSSR count). The Morgan fingerprint density at radius 2 is 2.04 bits per heavy atom. The number of methoxy groups -OCH3 is 1. The van der Waals surface area contributed by atoms with Crippen molar-refractivity contribution in [1.29, 1.82) is 0 Å². The number of amides is 2. The summed E-state index contributed by atoms with van der Waals surface area (Å²) in [6.07, 6.45) is 0. The molecule has 0 spiro atoms. The lowest BCUT2D eigenvalue weighted by atomic mass is 10.3. The van der Waals surface area contributed by atoms with E-state index in [4.69, 9.17) is 27.9 Å². The minimum atomic E-state index is -0.444. The zero-order chi connectivity index (χ0) is 16.4. The summed E-state index contributed by atoms with van der Waals surface area (Å²) in [4.78, 5) is 16.4. The molecule has 2 amide bonds. The average Bonchev–Trinajstić information content (AvgIpc) is 2.92. The van der Waals surface area contributed by atoms with Crippen molar-refractivity contribution in [3.63, 3.8) is 0 Å². The Morgan fingerprint density at radius 3 is 2.83 bits per heavy atom. The summed E-state index contributed by atoms with van der Waals surface area (Å²) in [6.45, 7) is 0. The number of hydrogen-bond acceptors (Lipinski definition) is 4. The van der Waals surface area contributed by atoms with Crippen LogP contribution in [0.4, 0.5) is 15.6 Å². The summed E-state index contributed by atoms with van der Waals surface area (Å²) in [6, 6.07) is 10.1. The molecule has 5 nitrogen and oxygen atoms in total. The third-order valence-electron chi connectivity index (χ3n) is 3.02. The van der Waals surface area contributed by atoms with E-state index in [1.54, 1.807) is 25.3 Å². The average molecular weight is 368 g/mol. The second-order valence-electron chi connectivity index (χ2n) is 4.53. The van der Waals surface area contributed by atoms with Gasteiger partial charge in [0.25, 0.3) is 0 Å². The zero-order valence-corrected chi connectivity index (χ0v) is 14.2. The van der Waals surface area contributed by atoms with Gasteiger partial charge in [0.15, 0.2) is 5.13 Å². The van der Waals surface area contributed by atoms with Crippen LogP contribution in [0.5, 0.6) is 5.75 Å². The van der Waals surface area contributed by atoms with E-state index in [0.717, 1.165) is 16.0 Å². The summed E-state index contributed by atoms with van der Waals surface area (Å²) in [5, 5.41) is 6.46. The molecule has 3 aromatic rings. The number of halogens is 2. The molecule has 23 heavy (non-hydrogen) atoms. The van der Waals surface area contributed by atoms with Gasteiger partial charge in [0.2, 0.25) is 0 Å². The first-order valence-electron chi connectivity index (χ1n) is 6.53. The highest BCUT2D eigenvalue weighted by atomic mass is 35.5. The van der Waals surface area contributed by atoms with Gasteiger partial charge in [0.05, 0.1) is 33.1 Å². The van der Waals surface area contributed by atoms with Crippen LogP contribution in [0, 0.1) is 0 Å². The van der Waals surface area contributed by atoms with Gasteiger partial charge >= 0.3 is 6.03 Å².